The van der Waals surface area contributed by atoms with Gasteiger partial charge in [0.2, 0.25) is 5.13 Å². The normalized spacial score (nSPS) is 10.9. The zero-order valence-corrected chi connectivity index (χ0v) is 15.8. The van der Waals surface area contributed by atoms with Crippen molar-refractivity contribution >= 4 is 39.8 Å². The van der Waals surface area contributed by atoms with Crippen molar-refractivity contribution in [2.75, 3.05) is 5.32 Å². The van der Waals surface area contributed by atoms with Crippen molar-refractivity contribution in [3.63, 3.8) is 0 Å². The number of nitrogens with zero attached hydrogens (tertiary/aromatic N) is 4. The summed E-state index contributed by atoms with van der Waals surface area (Å²) in [5, 5.41) is 10.8. The molecule has 0 aliphatic rings. The summed E-state index contributed by atoms with van der Waals surface area (Å²) in [5.74, 6) is -0.510. The molecule has 0 atom stereocenters. The summed E-state index contributed by atoms with van der Waals surface area (Å²) in [4.78, 5) is 28.7. The van der Waals surface area contributed by atoms with Gasteiger partial charge in [0.05, 0.1) is 5.69 Å². The number of fused-ring (bicyclic) bond motifs is 1. The van der Waals surface area contributed by atoms with Gasteiger partial charge in [-0.2, -0.15) is 0 Å². The molecule has 4 rings (SSSR count). The van der Waals surface area contributed by atoms with Crippen LogP contribution in [0.15, 0.2) is 63.9 Å². The molecule has 0 bridgehead atoms. The quantitative estimate of drug-likeness (QED) is 0.399. The maximum absolute atomic E-state index is 13.2. The fourth-order valence-electron chi connectivity index (χ4n) is 2.43. The van der Waals surface area contributed by atoms with E-state index in [0.29, 0.717) is 26.6 Å². The number of halogens is 1. The predicted octanol–water partition coefficient (Wildman–Crippen LogP) is 3.23. The molecule has 0 saturated heterocycles. The molecule has 1 amide bonds. The van der Waals surface area contributed by atoms with Crippen molar-refractivity contribution in [1.29, 1.82) is 0 Å². The number of anilines is 1. The van der Waals surface area contributed by atoms with Crippen LogP contribution in [0.1, 0.15) is 16.1 Å². The number of hydrogen-bond donors (Lipinski definition) is 1. The number of pyridine rings is 1. The van der Waals surface area contributed by atoms with Gasteiger partial charge in [-0.1, -0.05) is 35.2 Å². The average Bonchev–Trinajstić information content (AvgIpc) is 3.14. The Bertz CT molecular complexity index is 1220. The van der Waals surface area contributed by atoms with Crippen molar-refractivity contribution in [2.24, 2.45) is 0 Å². The van der Waals surface area contributed by atoms with E-state index in [1.165, 1.54) is 51.8 Å². The van der Waals surface area contributed by atoms with Crippen LogP contribution in [0.25, 0.3) is 5.65 Å². The number of carbonyl (C=O) groups is 1. The Morgan fingerprint density at radius 1 is 1.18 bits per heavy atom. The first-order valence-electron chi connectivity index (χ1n) is 8.09. The van der Waals surface area contributed by atoms with Crippen molar-refractivity contribution in [2.45, 2.75) is 10.1 Å². The minimum absolute atomic E-state index is 0.151. The van der Waals surface area contributed by atoms with Crippen molar-refractivity contribution < 1.29 is 9.18 Å². The molecule has 28 heavy (non-hydrogen) atoms. The number of hydrogen-bond acceptors (Lipinski definition) is 7. The summed E-state index contributed by atoms with van der Waals surface area (Å²) in [6.45, 7) is 0. The fourth-order valence-corrected chi connectivity index (χ4v) is 4.07. The van der Waals surface area contributed by atoms with Crippen LogP contribution in [0, 0.1) is 5.82 Å². The Labute approximate surface area is 166 Å². The van der Waals surface area contributed by atoms with E-state index in [9.17, 15) is 14.0 Å². The first-order valence-corrected chi connectivity index (χ1v) is 9.89. The first-order chi connectivity index (χ1) is 13.6. The van der Waals surface area contributed by atoms with E-state index >= 15 is 0 Å². The van der Waals surface area contributed by atoms with Gasteiger partial charge < -0.3 is 0 Å². The monoisotopic (exact) mass is 413 g/mol. The van der Waals surface area contributed by atoms with Crippen LogP contribution in [0.5, 0.6) is 0 Å². The summed E-state index contributed by atoms with van der Waals surface area (Å²) < 4.78 is 15.3. The van der Waals surface area contributed by atoms with Crippen molar-refractivity contribution in [3.8, 4) is 0 Å². The third-order valence-electron chi connectivity index (χ3n) is 3.68. The highest BCUT2D eigenvalue weighted by atomic mass is 32.2. The maximum atomic E-state index is 13.2. The molecule has 1 aromatic carbocycles. The standard InChI is InChI=1S/C18H12FN5O2S2/c19-12-5-3-4-11(8-12)16(26)21-17-22-23-18(28-17)27-10-13-9-15(25)24-7-2-1-6-14(24)20-13/h1-9H,10H2,(H,21,22,26). The van der Waals surface area contributed by atoms with E-state index in [4.69, 9.17) is 0 Å². The molecule has 0 aliphatic heterocycles. The summed E-state index contributed by atoms with van der Waals surface area (Å²) in [6.07, 6.45) is 1.67. The zero-order chi connectivity index (χ0) is 19.5. The molecule has 0 aliphatic carbocycles. The average molecular weight is 413 g/mol. The second-order valence-corrected chi connectivity index (χ2v) is 7.84. The second kappa shape index (κ2) is 7.87. The number of thioether (sulfide) groups is 1. The Hall–Kier alpha value is -3.11. The molecular formula is C18H12FN5O2S2. The van der Waals surface area contributed by atoms with Crippen LogP contribution in [-0.2, 0) is 5.75 Å². The Balaban J connectivity index is 1.42. The minimum atomic E-state index is -0.486. The lowest BCUT2D eigenvalue weighted by Gasteiger charge is -2.02. The fraction of sp³-hybridized carbons (Fsp3) is 0.0556. The molecule has 3 aromatic heterocycles. The first kappa shape index (κ1) is 18.3. The molecule has 0 saturated carbocycles. The van der Waals surface area contributed by atoms with E-state index < -0.39 is 11.7 Å². The number of amides is 1. The molecule has 1 N–H and O–H groups in total. The van der Waals surface area contributed by atoms with E-state index in [-0.39, 0.29) is 11.1 Å². The highest BCUT2D eigenvalue weighted by Gasteiger charge is 2.12. The van der Waals surface area contributed by atoms with Crippen LogP contribution in [0.2, 0.25) is 0 Å². The highest BCUT2D eigenvalue weighted by Crippen LogP contribution is 2.28. The number of benzene rings is 1. The van der Waals surface area contributed by atoms with Gasteiger partial charge in [0, 0.05) is 23.6 Å². The second-order valence-electron chi connectivity index (χ2n) is 5.64. The van der Waals surface area contributed by atoms with Crippen LogP contribution in [0.4, 0.5) is 9.52 Å². The highest BCUT2D eigenvalue weighted by molar-refractivity contribution is 8.00. The van der Waals surface area contributed by atoms with E-state index in [0.717, 1.165) is 6.07 Å². The van der Waals surface area contributed by atoms with Gasteiger partial charge in [-0.15, -0.1) is 10.2 Å². The lowest BCUT2D eigenvalue weighted by atomic mass is 10.2. The summed E-state index contributed by atoms with van der Waals surface area (Å²) >= 11 is 2.55. The molecule has 0 unspecified atom stereocenters. The van der Waals surface area contributed by atoms with Crippen LogP contribution >= 0.6 is 23.1 Å². The van der Waals surface area contributed by atoms with E-state index in [2.05, 4.69) is 20.5 Å². The molecule has 0 spiro atoms. The van der Waals surface area contributed by atoms with Gasteiger partial charge in [-0.25, -0.2) is 9.37 Å². The number of carbonyl (C=O) groups excluding carboxylic acids is 1. The van der Waals surface area contributed by atoms with E-state index in [1.54, 1.807) is 18.3 Å². The van der Waals surface area contributed by atoms with Crippen LogP contribution < -0.4 is 10.9 Å². The van der Waals surface area contributed by atoms with Gasteiger partial charge in [-0.05, 0) is 30.3 Å². The maximum Gasteiger partial charge on any atom is 0.258 e. The summed E-state index contributed by atoms with van der Waals surface area (Å²) in [5.41, 5.74) is 1.25. The predicted molar refractivity (Wildman–Crippen MR) is 105 cm³/mol. The van der Waals surface area contributed by atoms with Gasteiger partial charge >= 0.3 is 0 Å². The Morgan fingerprint density at radius 2 is 2.07 bits per heavy atom. The zero-order valence-electron chi connectivity index (χ0n) is 14.2. The Morgan fingerprint density at radius 3 is 2.93 bits per heavy atom. The van der Waals surface area contributed by atoms with Gasteiger partial charge in [-0.3, -0.25) is 19.3 Å². The molecule has 140 valence electrons. The van der Waals surface area contributed by atoms with Crippen LogP contribution in [0.3, 0.4) is 0 Å². The Kier molecular flexibility index (Phi) is 5.13. The third-order valence-corrected chi connectivity index (χ3v) is 5.69. The molecule has 4 aromatic rings. The largest absolute Gasteiger partial charge is 0.296 e. The summed E-state index contributed by atoms with van der Waals surface area (Å²) in [7, 11) is 0. The van der Waals surface area contributed by atoms with Crippen molar-refractivity contribution in [1.82, 2.24) is 19.6 Å². The molecule has 7 nitrogen and oxygen atoms in total. The number of nitrogens with one attached hydrogen (secondary N) is 1. The van der Waals surface area contributed by atoms with Gasteiger partial charge in [0.25, 0.3) is 11.5 Å². The van der Waals surface area contributed by atoms with Gasteiger partial charge in [0.15, 0.2) is 4.34 Å². The molecular weight excluding hydrogens is 401 g/mol. The minimum Gasteiger partial charge on any atom is -0.296 e. The summed E-state index contributed by atoms with van der Waals surface area (Å²) in [6, 6.07) is 12.2. The molecule has 0 radical (unpaired) electrons. The third kappa shape index (κ3) is 4.07. The topological polar surface area (TPSA) is 89.2 Å². The van der Waals surface area contributed by atoms with Crippen molar-refractivity contribution in [3.05, 3.63) is 82.2 Å². The molecule has 10 heteroatoms. The molecule has 0 fully saturated rings. The molecule has 3 heterocycles. The smallest absolute Gasteiger partial charge is 0.258 e. The number of rotatable bonds is 5. The lowest BCUT2D eigenvalue weighted by Crippen LogP contribution is -2.14. The SMILES string of the molecule is O=C(Nc1nnc(SCc2cc(=O)n3ccccc3n2)s1)c1cccc(F)c1. The van der Waals surface area contributed by atoms with E-state index in [1.807, 2.05) is 6.07 Å². The van der Waals surface area contributed by atoms with Gasteiger partial charge in [0.1, 0.15) is 11.5 Å². The number of aromatic nitrogens is 4. The lowest BCUT2D eigenvalue weighted by molar-refractivity contribution is 0.102. The van der Waals surface area contributed by atoms with Crippen LogP contribution in [-0.4, -0.2) is 25.5 Å².